The van der Waals surface area contributed by atoms with Crippen LogP contribution in [0.15, 0.2) is 50.1 Å². The first-order valence-corrected chi connectivity index (χ1v) is 10.9. The van der Waals surface area contributed by atoms with Crippen molar-refractivity contribution in [3.05, 3.63) is 51.9 Å². The number of nitrogen functional groups attached to an aromatic ring is 1. The summed E-state index contributed by atoms with van der Waals surface area (Å²) in [5, 5.41) is 5.83. The number of carbonyl (C=O) groups is 1. The van der Waals surface area contributed by atoms with Gasteiger partial charge in [0, 0.05) is 5.69 Å². The van der Waals surface area contributed by atoms with Gasteiger partial charge in [0.05, 0.1) is 17.1 Å². The number of pyridine rings is 1. The molecule has 1 amide bonds. The Labute approximate surface area is 179 Å². The summed E-state index contributed by atoms with van der Waals surface area (Å²) >= 11 is 0. The molecule has 0 saturated heterocycles. The fourth-order valence-corrected chi connectivity index (χ4v) is 4.26. The lowest BCUT2D eigenvalue weighted by Crippen LogP contribution is -2.37. The number of sulfone groups is 1. The van der Waals surface area contributed by atoms with Gasteiger partial charge in [0.15, 0.2) is 4.90 Å². The normalized spacial score (nSPS) is 11.0. The van der Waals surface area contributed by atoms with E-state index in [4.69, 9.17) is 22.0 Å². The first-order valence-electron chi connectivity index (χ1n) is 9.39. The first-order chi connectivity index (χ1) is 14.6. The number of hydrogen-bond donors (Lipinski definition) is 4. The van der Waals surface area contributed by atoms with Gasteiger partial charge in [-0.3, -0.25) is 9.59 Å². The molecule has 12 heteroatoms. The molecule has 11 nitrogen and oxygen atoms in total. The Hall–Kier alpha value is -3.54. The van der Waals surface area contributed by atoms with Crippen LogP contribution >= 0.6 is 0 Å². The van der Waals surface area contributed by atoms with Crippen LogP contribution in [0.25, 0.3) is 0 Å². The van der Waals surface area contributed by atoms with E-state index in [2.05, 4.69) is 10.5 Å². The van der Waals surface area contributed by atoms with Crippen molar-refractivity contribution in [1.82, 2.24) is 9.88 Å². The summed E-state index contributed by atoms with van der Waals surface area (Å²) < 4.78 is 27.2. The summed E-state index contributed by atoms with van der Waals surface area (Å²) in [6, 6.07) is 7.56. The zero-order chi connectivity index (χ0) is 23.2. The van der Waals surface area contributed by atoms with Gasteiger partial charge in [0.1, 0.15) is 13.2 Å². The van der Waals surface area contributed by atoms with E-state index in [1.54, 1.807) is 19.1 Å². The third kappa shape index (κ3) is 5.75. The average molecular weight is 451 g/mol. The number of nitrogens with one attached hydrogen (secondary N) is 1. The molecule has 0 radical (unpaired) electrons. The summed E-state index contributed by atoms with van der Waals surface area (Å²) in [5.74, 6) is -0.785. The Morgan fingerprint density at radius 1 is 1.23 bits per heavy atom. The van der Waals surface area contributed by atoms with Gasteiger partial charge in [0.2, 0.25) is 21.7 Å². The molecule has 1 aromatic carbocycles. The van der Waals surface area contributed by atoms with Crippen LogP contribution in [-0.4, -0.2) is 38.0 Å². The number of nitrogens with two attached hydrogens (primary N) is 3. The van der Waals surface area contributed by atoms with Crippen LogP contribution in [0.1, 0.15) is 18.2 Å². The predicted molar refractivity (Wildman–Crippen MR) is 116 cm³/mol. The number of aromatic nitrogens is 1. The van der Waals surface area contributed by atoms with E-state index in [-0.39, 0.29) is 29.7 Å². The second kappa shape index (κ2) is 9.98. The standard InChI is InChI=1S/C19H26N6O5S/c1-3-13-4-6-14(7-5-13)31(28,29)17-15(20)10-12(2)25(18(17)27)11-16(26)23-8-9-30-24-19(21)22/h4-7,10H,3,8-9,11,20H2,1-2H3,(H,23,26)(H4,21,22,24). The maximum atomic E-state index is 13.1. The van der Waals surface area contributed by atoms with Crippen molar-refractivity contribution >= 4 is 27.4 Å². The molecule has 0 atom stereocenters. The number of nitrogens with zero attached hydrogens (tertiary/aromatic N) is 2. The molecule has 1 aromatic heterocycles. The predicted octanol–water partition coefficient (Wildman–Crippen LogP) is -0.545. The third-order valence-electron chi connectivity index (χ3n) is 4.39. The molecule has 0 spiro atoms. The van der Waals surface area contributed by atoms with Crippen LogP contribution < -0.4 is 28.1 Å². The zero-order valence-electron chi connectivity index (χ0n) is 17.3. The van der Waals surface area contributed by atoms with E-state index in [0.717, 1.165) is 16.6 Å². The molecule has 2 rings (SSSR count). The number of rotatable bonds is 9. The minimum absolute atomic E-state index is 0.00659. The van der Waals surface area contributed by atoms with Gasteiger partial charge in [0.25, 0.3) is 5.56 Å². The Balaban J connectivity index is 2.29. The smallest absolute Gasteiger partial charge is 0.272 e. The second-order valence-corrected chi connectivity index (χ2v) is 8.55. The van der Waals surface area contributed by atoms with Gasteiger partial charge in [-0.1, -0.05) is 19.1 Å². The average Bonchev–Trinajstić information content (AvgIpc) is 2.70. The van der Waals surface area contributed by atoms with Crippen LogP contribution in [-0.2, 0) is 32.4 Å². The Bertz CT molecular complexity index is 1140. The second-order valence-electron chi connectivity index (χ2n) is 6.66. The molecule has 0 bridgehead atoms. The molecule has 1 heterocycles. The molecule has 0 saturated carbocycles. The minimum Gasteiger partial charge on any atom is -0.397 e. The van der Waals surface area contributed by atoms with Crippen molar-refractivity contribution in [2.45, 2.75) is 36.6 Å². The van der Waals surface area contributed by atoms with Crippen molar-refractivity contribution in [1.29, 1.82) is 0 Å². The Kier molecular flexibility index (Phi) is 7.64. The van der Waals surface area contributed by atoms with E-state index < -0.39 is 32.7 Å². The molecule has 31 heavy (non-hydrogen) atoms. The number of benzene rings is 1. The molecule has 7 N–H and O–H groups in total. The fourth-order valence-electron chi connectivity index (χ4n) is 2.82. The highest BCUT2D eigenvalue weighted by Crippen LogP contribution is 2.24. The fraction of sp³-hybridized carbons (Fsp3) is 0.316. The Morgan fingerprint density at radius 2 is 1.87 bits per heavy atom. The summed E-state index contributed by atoms with van der Waals surface area (Å²) in [7, 11) is -4.18. The van der Waals surface area contributed by atoms with Crippen LogP contribution in [0.4, 0.5) is 5.69 Å². The van der Waals surface area contributed by atoms with Crippen LogP contribution in [0.3, 0.4) is 0 Å². The van der Waals surface area contributed by atoms with Crippen molar-refractivity contribution in [2.24, 2.45) is 16.6 Å². The maximum Gasteiger partial charge on any atom is 0.272 e. The number of guanidine groups is 1. The van der Waals surface area contributed by atoms with Crippen LogP contribution in [0, 0.1) is 6.92 Å². The number of aryl methyl sites for hydroxylation is 2. The molecule has 168 valence electrons. The lowest BCUT2D eigenvalue weighted by Gasteiger charge is -2.15. The number of oxime groups is 1. The van der Waals surface area contributed by atoms with Crippen molar-refractivity contribution in [3.8, 4) is 0 Å². The highest BCUT2D eigenvalue weighted by Gasteiger charge is 2.27. The zero-order valence-corrected chi connectivity index (χ0v) is 18.1. The summed E-state index contributed by atoms with van der Waals surface area (Å²) in [6.45, 7) is 3.18. The van der Waals surface area contributed by atoms with E-state index in [1.165, 1.54) is 18.2 Å². The van der Waals surface area contributed by atoms with Crippen LogP contribution in [0.5, 0.6) is 0 Å². The highest BCUT2D eigenvalue weighted by molar-refractivity contribution is 7.91. The monoisotopic (exact) mass is 450 g/mol. The van der Waals surface area contributed by atoms with Crippen molar-refractivity contribution in [2.75, 3.05) is 18.9 Å². The first kappa shape index (κ1) is 23.7. The third-order valence-corrected chi connectivity index (χ3v) is 6.23. The number of amides is 1. The molecule has 0 unspecified atom stereocenters. The highest BCUT2D eigenvalue weighted by atomic mass is 32.2. The maximum absolute atomic E-state index is 13.1. The van der Waals surface area contributed by atoms with Gasteiger partial charge in [-0.05, 0) is 42.3 Å². The number of anilines is 1. The van der Waals surface area contributed by atoms with E-state index >= 15 is 0 Å². The van der Waals surface area contributed by atoms with E-state index in [9.17, 15) is 18.0 Å². The lowest BCUT2D eigenvalue weighted by atomic mass is 10.2. The van der Waals surface area contributed by atoms with Crippen molar-refractivity contribution in [3.63, 3.8) is 0 Å². The number of hydrogen-bond acceptors (Lipinski definition) is 7. The Morgan fingerprint density at radius 3 is 2.45 bits per heavy atom. The van der Waals surface area contributed by atoms with E-state index in [1.807, 2.05) is 6.92 Å². The molecule has 0 aliphatic carbocycles. The molecular formula is C19H26N6O5S. The number of carbonyl (C=O) groups excluding carboxylic acids is 1. The minimum atomic E-state index is -4.18. The molecule has 0 aliphatic heterocycles. The van der Waals surface area contributed by atoms with Gasteiger partial charge in [-0.15, -0.1) is 0 Å². The molecule has 2 aromatic rings. The topological polar surface area (TPSA) is 185 Å². The van der Waals surface area contributed by atoms with Gasteiger partial charge >= 0.3 is 0 Å². The summed E-state index contributed by atoms with van der Waals surface area (Å²) in [4.78, 5) is 29.3. The SMILES string of the molecule is CCc1ccc(S(=O)(=O)c2c(N)cc(C)n(CC(=O)NCCON=C(N)N)c2=O)cc1. The van der Waals surface area contributed by atoms with Gasteiger partial charge in [-0.2, -0.15) is 0 Å². The van der Waals surface area contributed by atoms with Gasteiger partial charge in [-0.25, -0.2) is 8.42 Å². The largest absolute Gasteiger partial charge is 0.397 e. The lowest BCUT2D eigenvalue weighted by molar-refractivity contribution is -0.122. The molecule has 0 fully saturated rings. The van der Waals surface area contributed by atoms with E-state index in [0.29, 0.717) is 5.69 Å². The summed E-state index contributed by atoms with van der Waals surface area (Å²) in [5.41, 5.74) is 16.4. The van der Waals surface area contributed by atoms with Gasteiger partial charge < -0.3 is 31.9 Å². The molecule has 0 aliphatic rings. The van der Waals surface area contributed by atoms with Crippen LogP contribution in [0.2, 0.25) is 0 Å². The molecular weight excluding hydrogens is 424 g/mol. The quantitative estimate of drug-likeness (QED) is 0.170. The summed E-state index contributed by atoms with van der Waals surface area (Å²) in [6.07, 6.45) is 0.742. The van der Waals surface area contributed by atoms with Crippen molar-refractivity contribution < 1.29 is 18.0 Å².